The molecule has 1 aliphatic carbocycles. The number of para-hydroxylation sites is 2. The summed E-state index contributed by atoms with van der Waals surface area (Å²) < 4.78 is 18.5. The minimum Gasteiger partial charge on any atom is -0.409 e. The predicted octanol–water partition coefficient (Wildman–Crippen LogP) is 6.87. The van der Waals surface area contributed by atoms with E-state index in [0.717, 1.165) is 40.4 Å². The summed E-state index contributed by atoms with van der Waals surface area (Å²) >= 11 is 0. The summed E-state index contributed by atoms with van der Waals surface area (Å²) in [6, 6.07) is 15.8. The van der Waals surface area contributed by atoms with Crippen molar-refractivity contribution >= 4 is 8.60 Å². The van der Waals surface area contributed by atoms with Gasteiger partial charge < -0.3 is 13.6 Å². The van der Waals surface area contributed by atoms with Crippen LogP contribution in [0.5, 0.6) is 11.5 Å². The van der Waals surface area contributed by atoms with Gasteiger partial charge in [0.2, 0.25) is 0 Å². The van der Waals surface area contributed by atoms with E-state index in [9.17, 15) is 0 Å². The summed E-state index contributed by atoms with van der Waals surface area (Å²) in [5.41, 5.74) is 3.22. The molecule has 0 aromatic heterocycles. The van der Waals surface area contributed by atoms with Crippen molar-refractivity contribution in [3.8, 4) is 11.5 Å². The second-order valence-corrected chi connectivity index (χ2v) is 7.65. The molecular formula is C22H25O3P. The first kappa shape index (κ1) is 18.5. The Kier molecular flexibility index (Phi) is 6.00. The molecule has 0 saturated heterocycles. The van der Waals surface area contributed by atoms with Crippen LogP contribution in [0.1, 0.15) is 31.4 Å². The zero-order chi connectivity index (χ0) is 18.5. The minimum atomic E-state index is -1.62. The molecule has 0 saturated carbocycles. The molecule has 26 heavy (non-hydrogen) atoms. The van der Waals surface area contributed by atoms with Crippen molar-refractivity contribution in [1.29, 1.82) is 0 Å². The van der Waals surface area contributed by atoms with Crippen LogP contribution in [0.3, 0.4) is 0 Å². The Morgan fingerprint density at radius 1 is 0.808 bits per heavy atom. The van der Waals surface area contributed by atoms with E-state index < -0.39 is 8.60 Å². The normalized spacial score (nSPS) is 16.7. The summed E-state index contributed by atoms with van der Waals surface area (Å²) in [5, 5.41) is 0. The van der Waals surface area contributed by atoms with E-state index in [4.69, 9.17) is 13.6 Å². The van der Waals surface area contributed by atoms with Crippen molar-refractivity contribution in [3.63, 3.8) is 0 Å². The summed E-state index contributed by atoms with van der Waals surface area (Å²) in [4.78, 5) is 0. The Balaban J connectivity index is 1.85. The summed E-state index contributed by atoms with van der Waals surface area (Å²) in [5.74, 6) is 2.84. The largest absolute Gasteiger partial charge is 0.530 e. The summed E-state index contributed by atoms with van der Waals surface area (Å²) in [7, 11) is -1.62. The molecule has 3 rings (SSSR count). The molecular weight excluding hydrogens is 343 g/mol. The lowest BCUT2D eigenvalue weighted by Crippen LogP contribution is -2.06. The van der Waals surface area contributed by atoms with E-state index in [0.29, 0.717) is 5.92 Å². The van der Waals surface area contributed by atoms with Crippen LogP contribution in [0.15, 0.2) is 72.0 Å². The topological polar surface area (TPSA) is 27.7 Å². The second-order valence-electron chi connectivity index (χ2n) is 6.66. The molecule has 3 nitrogen and oxygen atoms in total. The van der Waals surface area contributed by atoms with Gasteiger partial charge >= 0.3 is 8.60 Å². The molecule has 1 unspecified atom stereocenters. The van der Waals surface area contributed by atoms with Crippen LogP contribution in [0.4, 0.5) is 0 Å². The fourth-order valence-corrected chi connectivity index (χ4v) is 3.85. The van der Waals surface area contributed by atoms with Gasteiger partial charge in [-0.05, 0) is 68.0 Å². The highest BCUT2D eigenvalue weighted by atomic mass is 31.2. The zero-order valence-electron chi connectivity index (χ0n) is 15.7. The van der Waals surface area contributed by atoms with Gasteiger partial charge in [-0.15, -0.1) is 0 Å². The van der Waals surface area contributed by atoms with Gasteiger partial charge in [-0.1, -0.05) is 49.4 Å². The van der Waals surface area contributed by atoms with Gasteiger partial charge in [-0.3, -0.25) is 0 Å². The molecule has 136 valence electrons. The lowest BCUT2D eigenvalue weighted by molar-refractivity contribution is 0.330. The highest BCUT2D eigenvalue weighted by molar-refractivity contribution is 7.42. The lowest BCUT2D eigenvalue weighted by Gasteiger charge is -2.23. The predicted molar refractivity (Wildman–Crippen MR) is 107 cm³/mol. The van der Waals surface area contributed by atoms with Crippen LogP contribution < -0.4 is 9.05 Å². The fourth-order valence-electron chi connectivity index (χ4n) is 2.64. The number of benzene rings is 2. The van der Waals surface area contributed by atoms with Crippen LogP contribution >= 0.6 is 8.60 Å². The Bertz CT molecular complexity index is 778. The van der Waals surface area contributed by atoms with Crippen LogP contribution in [-0.4, -0.2) is 0 Å². The lowest BCUT2D eigenvalue weighted by atomic mass is 9.98. The molecule has 0 spiro atoms. The molecule has 0 N–H and O–H groups in total. The van der Waals surface area contributed by atoms with Gasteiger partial charge in [0.15, 0.2) is 0 Å². The van der Waals surface area contributed by atoms with Crippen molar-refractivity contribution in [2.75, 3.05) is 0 Å². The third-order valence-corrected chi connectivity index (χ3v) is 5.36. The Morgan fingerprint density at radius 2 is 1.35 bits per heavy atom. The number of hydrogen-bond acceptors (Lipinski definition) is 3. The van der Waals surface area contributed by atoms with Gasteiger partial charge in [-0.2, -0.15) is 0 Å². The van der Waals surface area contributed by atoms with Crippen LogP contribution in [0, 0.1) is 19.8 Å². The van der Waals surface area contributed by atoms with E-state index in [-0.39, 0.29) is 0 Å². The van der Waals surface area contributed by atoms with E-state index >= 15 is 0 Å². The minimum absolute atomic E-state index is 0.447. The standard InChI is InChI=1S/C22H25O3P/c1-16-13-14-19(4)22(15-16)25-26(23-20-11-7-5-9-17(20)2)24-21-12-8-6-10-18(21)3/h5-12,14-16H,13H2,1-4H3. The number of aryl methyl sites for hydroxylation is 2. The van der Waals surface area contributed by atoms with E-state index in [2.05, 4.69) is 26.0 Å². The van der Waals surface area contributed by atoms with Gasteiger partial charge in [0.1, 0.15) is 17.3 Å². The SMILES string of the molecule is CC1=CCC(C)C=C1OP(Oc1ccccc1C)Oc1ccccc1C. The summed E-state index contributed by atoms with van der Waals surface area (Å²) in [6.45, 7) is 8.28. The van der Waals surface area contributed by atoms with Crippen molar-refractivity contribution < 1.29 is 13.6 Å². The van der Waals surface area contributed by atoms with Gasteiger partial charge in [-0.25, -0.2) is 0 Å². The van der Waals surface area contributed by atoms with Gasteiger partial charge in [0.25, 0.3) is 0 Å². The van der Waals surface area contributed by atoms with E-state index in [1.807, 2.05) is 62.4 Å². The quantitative estimate of drug-likeness (QED) is 0.520. The van der Waals surface area contributed by atoms with Crippen LogP contribution in [0.2, 0.25) is 0 Å². The first-order valence-corrected chi connectivity index (χ1v) is 9.96. The van der Waals surface area contributed by atoms with Gasteiger partial charge in [0.05, 0.1) is 0 Å². The molecule has 0 fully saturated rings. The number of allylic oxidation sites excluding steroid dienone is 3. The second kappa shape index (κ2) is 8.42. The molecule has 2 aromatic carbocycles. The molecule has 0 bridgehead atoms. The maximum Gasteiger partial charge on any atom is 0.530 e. The molecule has 2 aromatic rings. The van der Waals surface area contributed by atoms with Crippen molar-refractivity contribution in [2.45, 2.75) is 34.1 Å². The molecule has 1 aliphatic rings. The van der Waals surface area contributed by atoms with Crippen molar-refractivity contribution in [2.24, 2.45) is 5.92 Å². The van der Waals surface area contributed by atoms with Crippen molar-refractivity contribution in [1.82, 2.24) is 0 Å². The molecule has 0 amide bonds. The highest BCUT2D eigenvalue weighted by Gasteiger charge is 2.24. The summed E-state index contributed by atoms with van der Waals surface area (Å²) in [6.07, 6.45) is 5.38. The van der Waals surface area contributed by atoms with Crippen LogP contribution in [0.25, 0.3) is 0 Å². The maximum absolute atomic E-state index is 6.21. The number of hydrogen-bond donors (Lipinski definition) is 0. The highest BCUT2D eigenvalue weighted by Crippen LogP contribution is 2.46. The van der Waals surface area contributed by atoms with Gasteiger partial charge in [0, 0.05) is 0 Å². The molecule has 4 heteroatoms. The molecule has 1 atom stereocenters. The number of rotatable bonds is 6. The average molecular weight is 368 g/mol. The van der Waals surface area contributed by atoms with E-state index in [1.165, 1.54) is 0 Å². The maximum atomic E-state index is 6.21. The fraction of sp³-hybridized carbons (Fsp3) is 0.273. The Hall–Kier alpha value is -2.25. The van der Waals surface area contributed by atoms with Crippen molar-refractivity contribution in [3.05, 3.63) is 83.1 Å². The zero-order valence-corrected chi connectivity index (χ0v) is 16.6. The Morgan fingerprint density at radius 3 is 1.88 bits per heavy atom. The molecule has 0 aliphatic heterocycles. The third kappa shape index (κ3) is 4.68. The smallest absolute Gasteiger partial charge is 0.409 e. The average Bonchev–Trinajstić information content (AvgIpc) is 2.62. The Labute approximate surface area is 157 Å². The first-order chi connectivity index (χ1) is 12.5. The first-order valence-electron chi connectivity index (χ1n) is 8.87. The molecule has 0 radical (unpaired) electrons. The monoisotopic (exact) mass is 368 g/mol. The van der Waals surface area contributed by atoms with E-state index in [1.54, 1.807) is 0 Å². The van der Waals surface area contributed by atoms with Crippen LogP contribution in [-0.2, 0) is 4.52 Å². The molecule has 0 heterocycles. The third-order valence-electron chi connectivity index (χ3n) is 4.33.